The van der Waals surface area contributed by atoms with Crippen molar-refractivity contribution < 1.29 is 24.5 Å². The molecule has 0 heterocycles. The summed E-state index contributed by atoms with van der Waals surface area (Å²) in [7, 11) is 0. The molecule has 0 spiro atoms. The topological polar surface area (TPSA) is 95.9 Å². The van der Waals surface area contributed by atoms with Gasteiger partial charge in [0.15, 0.2) is 0 Å². The average molecular weight is 778 g/mol. The third-order valence-electron chi connectivity index (χ3n) is 11.3. The minimum absolute atomic E-state index is 0.0809. The highest BCUT2D eigenvalue weighted by Crippen LogP contribution is 2.18. The Bertz CT molecular complexity index is 832. The number of carbonyl (C=O) groups excluding carboxylic acids is 2. The molecule has 0 aliphatic rings. The van der Waals surface area contributed by atoms with Gasteiger partial charge in [-0.3, -0.25) is 9.59 Å². The quantitative estimate of drug-likeness (QED) is 0.0325. The molecule has 3 unspecified atom stereocenters. The molecule has 0 aromatic carbocycles. The number of allylic oxidation sites excluding steroid dienone is 2. The molecule has 0 rings (SSSR count). The molecule has 1 amide bonds. The van der Waals surface area contributed by atoms with Crippen molar-refractivity contribution in [3.63, 3.8) is 0 Å². The van der Waals surface area contributed by atoms with Crippen LogP contribution in [-0.4, -0.2) is 46.9 Å². The first-order valence-corrected chi connectivity index (χ1v) is 24.4. The monoisotopic (exact) mass is 778 g/mol. The normalized spacial score (nSPS) is 13.3. The number of hydrogen-bond donors (Lipinski definition) is 3. The van der Waals surface area contributed by atoms with E-state index in [1.54, 1.807) is 0 Å². The van der Waals surface area contributed by atoms with Crippen molar-refractivity contribution in [1.82, 2.24) is 5.32 Å². The minimum atomic E-state index is -0.781. The molecule has 0 saturated carbocycles. The van der Waals surface area contributed by atoms with Gasteiger partial charge in [-0.05, 0) is 44.9 Å². The summed E-state index contributed by atoms with van der Waals surface area (Å²) in [6, 6.07) is -0.694. The fourth-order valence-electron chi connectivity index (χ4n) is 7.59. The zero-order valence-electron chi connectivity index (χ0n) is 37.1. The summed E-state index contributed by atoms with van der Waals surface area (Å²) in [6.07, 6.45) is 47.0. The molecule has 0 saturated heterocycles. The number of hydrogen-bond acceptors (Lipinski definition) is 5. The second-order valence-corrected chi connectivity index (χ2v) is 16.9. The lowest BCUT2D eigenvalue weighted by atomic mass is 10.0. The number of esters is 1. The molecule has 326 valence electrons. The van der Waals surface area contributed by atoms with Gasteiger partial charge in [-0.1, -0.05) is 219 Å². The summed E-state index contributed by atoms with van der Waals surface area (Å²) < 4.78 is 5.91. The minimum Gasteiger partial charge on any atom is -0.462 e. The van der Waals surface area contributed by atoms with Crippen LogP contribution in [0.4, 0.5) is 0 Å². The van der Waals surface area contributed by atoms with Crippen LogP contribution >= 0.6 is 0 Å². The number of ether oxygens (including phenoxy) is 1. The molecule has 0 radical (unpaired) electrons. The van der Waals surface area contributed by atoms with Crippen LogP contribution in [0, 0.1) is 0 Å². The molecular formula is C49H95NO5. The summed E-state index contributed by atoms with van der Waals surface area (Å²) in [5.41, 5.74) is 0. The predicted molar refractivity (Wildman–Crippen MR) is 237 cm³/mol. The van der Waals surface area contributed by atoms with E-state index >= 15 is 0 Å². The van der Waals surface area contributed by atoms with Crippen molar-refractivity contribution in [2.75, 3.05) is 6.61 Å². The maximum absolute atomic E-state index is 13.1. The molecule has 0 aromatic heterocycles. The zero-order valence-corrected chi connectivity index (χ0v) is 37.1. The summed E-state index contributed by atoms with van der Waals surface area (Å²) in [6.45, 7) is 6.45. The average Bonchev–Trinajstić information content (AvgIpc) is 3.18. The van der Waals surface area contributed by atoms with Crippen LogP contribution in [0.1, 0.15) is 265 Å². The van der Waals surface area contributed by atoms with Crippen LogP contribution in [0.3, 0.4) is 0 Å². The van der Waals surface area contributed by atoms with Gasteiger partial charge in [-0.15, -0.1) is 0 Å². The van der Waals surface area contributed by atoms with E-state index in [1.807, 2.05) is 0 Å². The van der Waals surface area contributed by atoms with E-state index in [0.29, 0.717) is 19.3 Å². The molecule has 6 nitrogen and oxygen atoms in total. The van der Waals surface area contributed by atoms with Crippen molar-refractivity contribution in [3.8, 4) is 0 Å². The summed E-state index contributed by atoms with van der Waals surface area (Å²) in [4.78, 5) is 26.0. The molecule has 3 atom stereocenters. The number of carbonyl (C=O) groups is 2. The lowest BCUT2D eigenvalue weighted by Gasteiger charge is -2.24. The first-order chi connectivity index (χ1) is 27.0. The number of unbranched alkanes of at least 4 members (excludes halogenated alkanes) is 30. The van der Waals surface area contributed by atoms with Gasteiger partial charge in [0.05, 0.1) is 25.2 Å². The van der Waals surface area contributed by atoms with Crippen LogP contribution < -0.4 is 5.32 Å². The Hall–Kier alpha value is -1.40. The molecular weight excluding hydrogens is 683 g/mol. The van der Waals surface area contributed by atoms with Gasteiger partial charge in [0.2, 0.25) is 5.91 Å². The van der Waals surface area contributed by atoms with Gasteiger partial charge < -0.3 is 20.3 Å². The second-order valence-electron chi connectivity index (χ2n) is 16.9. The molecule has 3 N–H and O–H groups in total. The van der Waals surface area contributed by atoms with Gasteiger partial charge in [0.25, 0.3) is 0 Å². The third-order valence-corrected chi connectivity index (χ3v) is 11.3. The van der Waals surface area contributed by atoms with Crippen LogP contribution in [0.2, 0.25) is 0 Å². The number of amides is 1. The Morgan fingerprint density at radius 3 is 1.35 bits per heavy atom. The highest BCUT2D eigenvalue weighted by atomic mass is 16.5. The molecule has 0 aromatic rings. The molecule has 6 heteroatoms. The van der Waals surface area contributed by atoms with E-state index in [2.05, 4.69) is 38.2 Å². The van der Waals surface area contributed by atoms with Crippen molar-refractivity contribution in [2.45, 2.75) is 283 Å². The van der Waals surface area contributed by atoms with Crippen LogP contribution in [0.25, 0.3) is 0 Å². The van der Waals surface area contributed by atoms with E-state index < -0.39 is 18.2 Å². The Morgan fingerprint density at radius 1 is 0.509 bits per heavy atom. The molecule has 0 aliphatic heterocycles. The standard InChI is InChI=1S/C49H95NO5/c1-4-7-10-13-16-19-22-23-24-25-27-28-31-34-37-40-45(55-49(54)42-39-36-33-30-26-20-17-14-11-8-5-2)43-48(53)50-46(44-51)47(52)41-38-35-32-29-21-18-15-12-9-6-3/h14,17,45-47,51-52H,4-13,15-16,18-44H2,1-3H3,(H,50,53)/b17-14-. The Balaban J connectivity index is 4.55. The Labute approximate surface area is 342 Å². The van der Waals surface area contributed by atoms with E-state index in [4.69, 9.17) is 4.74 Å². The van der Waals surface area contributed by atoms with Crippen LogP contribution in [-0.2, 0) is 14.3 Å². The number of nitrogens with one attached hydrogen (secondary N) is 1. The molecule has 0 aliphatic carbocycles. The maximum atomic E-state index is 13.1. The van der Waals surface area contributed by atoms with Gasteiger partial charge in [0.1, 0.15) is 6.10 Å². The van der Waals surface area contributed by atoms with Crippen LogP contribution in [0.15, 0.2) is 12.2 Å². The summed E-state index contributed by atoms with van der Waals surface area (Å²) >= 11 is 0. The highest BCUT2D eigenvalue weighted by Gasteiger charge is 2.24. The molecule has 55 heavy (non-hydrogen) atoms. The number of aliphatic hydroxyl groups is 2. The van der Waals surface area contributed by atoms with Crippen molar-refractivity contribution in [3.05, 3.63) is 12.2 Å². The molecule has 0 fully saturated rings. The zero-order chi connectivity index (χ0) is 40.3. The summed E-state index contributed by atoms with van der Waals surface area (Å²) in [5, 5.41) is 23.7. The number of aliphatic hydroxyl groups excluding tert-OH is 2. The van der Waals surface area contributed by atoms with Gasteiger partial charge >= 0.3 is 5.97 Å². The lowest BCUT2D eigenvalue weighted by molar-refractivity contribution is -0.151. The smallest absolute Gasteiger partial charge is 0.306 e. The fraction of sp³-hybridized carbons (Fsp3) is 0.918. The Kier molecular flexibility index (Phi) is 42.6. The second kappa shape index (κ2) is 43.7. The van der Waals surface area contributed by atoms with E-state index in [1.165, 1.54) is 167 Å². The van der Waals surface area contributed by atoms with Gasteiger partial charge in [0, 0.05) is 6.42 Å². The van der Waals surface area contributed by atoms with Crippen molar-refractivity contribution in [2.24, 2.45) is 0 Å². The van der Waals surface area contributed by atoms with E-state index in [-0.39, 0.29) is 24.9 Å². The van der Waals surface area contributed by atoms with Gasteiger partial charge in [-0.25, -0.2) is 0 Å². The maximum Gasteiger partial charge on any atom is 0.306 e. The molecule has 0 bridgehead atoms. The SMILES string of the molecule is CCCC/C=C\CCCCCCCC(=O)OC(CCCCCCCCCCCCCCCCC)CC(=O)NC(CO)C(O)CCCCCCCCCCCC. The largest absolute Gasteiger partial charge is 0.462 e. The van der Waals surface area contributed by atoms with E-state index in [9.17, 15) is 19.8 Å². The van der Waals surface area contributed by atoms with Crippen molar-refractivity contribution >= 4 is 11.9 Å². The highest BCUT2D eigenvalue weighted by molar-refractivity contribution is 5.77. The van der Waals surface area contributed by atoms with Gasteiger partial charge in [-0.2, -0.15) is 0 Å². The Morgan fingerprint density at radius 2 is 0.891 bits per heavy atom. The van der Waals surface area contributed by atoms with Crippen LogP contribution in [0.5, 0.6) is 0 Å². The summed E-state index contributed by atoms with van der Waals surface area (Å²) in [5.74, 6) is -0.471. The lowest BCUT2D eigenvalue weighted by Crippen LogP contribution is -2.46. The first kappa shape index (κ1) is 53.6. The number of rotatable bonds is 44. The van der Waals surface area contributed by atoms with Crippen molar-refractivity contribution in [1.29, 1.82) is 0 Å². The fourth-order valence-corrected chi connectivity index (χ4v) is 7.59. The first-order valence-electron chi connectivity index (χ1n) is 24.4. The van der Waals surface area contributed by atoms with E-state index in [0.717, 1.165) is 51.4 Å². The predicted octanol–water partition coefficient (Wildman–Crippen LogP) is 14.2. The third kappa shape index (κ3) is 39.2.